The SMILES string of the molecule is CC(O)CNCCNc1ncccc1Br. The lowest BCUT2D eigenvalue weighted by atomic mass is 10.4. The molecule has 1 rings (SSSR count). The van der Waals surface area contributed by atoms with Crippen molar-refractivity contribution in [3.05, 3.63) is 22.8 Å². The van der Waals surface area contributed by atoms with Gasteiger partial charge in [-0.05, 0) is 35.0 Å². The first-order chi connectivity index (χ1) is 7.20. The number of rotatable bonds is 6. The molecule has 15 heavy (non-hydrogen) atoms. The van der Waals surface area contributed by atoms with Crippen molar-refractivity contribution in [2.75, 3.05) is 25.0 Å². The molecule has 0 aromatic carbocycles. The molecule has 0 radical (unpaired) electrons. The number of nitrogens with zero attached hydrogens (tertiary/aromatic N) is 1. The summed E-state index contributed by atoms with van der Waals surface area (Å²) in [7, 11) is 0. The van der Waals surface area contributed by atoms with Gasteiger partial charge in [0.1, 0.15) is 5.82 Å². The zero-order valence-corrected chi connectivity index (χ0v) is 10.3. The molecule has 0 aliphatic heterocycles. The Labute approximate surface area is 98.2 Å². The molecule has 1 unspecified atom stereocenters. The molecule has 84 valence electrons. The van der Waals surface area contributed by atoms with Crippen LogP contribution in [0.15, 0.2) is 22.8 Å². The van der Waals surface area contributed by atoms with Gasteiger partial charge in [0.05, 0.1) is 10.6 Å². The molecule has 1 heterocycles. The van der Waals surface area contributed by atoms with E-state index in [1.165, 1.54) is 0 Å². The molecule has 0 saturated heterocycles. The van der Waals surface area contributed by atoms with Crippen LogP contribution in [0.1, 0.15) is 6.92 Å². The van der Waals surface area contributed by atoms with Gasteiger partial charge >= 0.3 is 0 Å². The smallest absolute Gasteiger partial charge is 0.140 e. The van der Waals surface area contributed by atoms with Crippen molar-refractivity contribution >= 4 is 21.7 Å². The Balaban J connectivity index is 2.18. The normalized spacial score (nSPS) is 12.5. The molecule has 0 amide bonds. The van der Waals surface area contributed by atoms with E-state index in [1.54, 1.807) is 13.1 Å². The molecule has 0 saturated carbocycles. The fourth-order valence-corrected chi connectivity index (χ4v) is 1.49. The van der Waals surface area contributed by atoms with E-state index in [9.17, 15) is 0 Å². The molecule has 0 aliphatic rings. The van der Waals surface area contributed by atoms with Gasteiger partial charge < -0.3 is 15.7 Å². The number of aromatic nitrogens is 1. The summed E-state index contributed by atoms with van der Waals surface area (Å²) in [6.07, 6.45) is 1.45. The molecular formula is C10H16BrN3O. The van der Waals surface area contributed by atoms with Crippen molar-refractivity contribution in [3.8, 4) is 0 Å². The molecule has 1 aromatic heterocycles. The summed E-state index contributed by atoms with van der Waals surface area (Å²) < 4.78 is 0.959. The van der Waals surface area contributed by atoms with Crippen LogP contribution in [0, 0.1) is 0 Å². The van der Waals surface area contributed by atoms with E-state index in [0.29, 0.717) is 6.54 Å². The van der Waals surface area contributed by atoms with Gasteiger partial charge in [0, 0.05) is 25.8 Å². The zero-order chi connectivity index (χ0) is 11.1. The van der Waals surface area contributed by atoms with Crippen molar-refractivity contribution in [1.29, 1.82) is 0 Å². The minimum atomic E-state index is -0.299. The third-order valence-electron chi connectivity index (χ3n) is 1.79. The molecule has 0 aliphatic carbocycles. The lowest BCUT2D eigenvalue weighted by Crippen LogP contribution is -2.29. The molecule has 1 aromatic rings. The number of anilines is 1. The maximum absolute atomic E-state index is 9.01. The quantitative estimate of drug-likeness (QED) is 0.683. The van der Waals surface area contributed by atoms with Gasteiger partial charge in [-0.1, -0.05) is 0 Å². The van der Waals surface area contributed by atoms with Crippen LogP contribution in [0.25, 0.3) is 0 Å². The summed E-state index contributed by atoms with van der Waals surface area (Å²) in [5.41, 5.74) is 0. The van der Waals surface area contributed by atoms with Crippen LogP contribution in [-0.2, 0) is 0 Å². The zero-order valence-electron chi connectivity index (χ0n) is 8.70. The summed E-state index contributed by atoms with van der Waals surface area (Å²) in [4.78, 5) is 4.18. The predicted octanol–water partition coefficient (Wildman–Crippen LogP) is 1.23. The number of hydrogen-bond acceptors (Lipinski definition) is 4. The average Bonchev–Trinajstić information content (AvgIpc) is 2.20. The highest BCUT2D eigenvalue weighted by molar-refractivity contribution is 9.10. The lowest BCUT2D eigenvalue weighted by molar-refractivity contribution is 0.192. The largest absolute Gasteiger partial charge is 0.392 e. The highest BCUT2D eigenvalue weighted by Gasteiger charge is 1.98. The number of aliphatic hydroxyl groups excluding tert-OH is 1. The first kappa shape index (κ1) is 12.4. The molecule has 1 atom stereocenters. The van der Waals surface area contributed by atoms with Gasteiger partial charge in [-0.15, -0.1) is 0 Å². The Morgan fingerprint density at radius 2 is 2.33 bits per heavy atom. The number of halogens is 1. The molecule has 0 bridgehead atoms. The van der Waals surface area contributed by atoms with E-state index >= 15 is 0 Å². The maximum atomic E-state index is 9.01. The third-order valence-corrected chi connectivity index (χ3v) is 2.43. The topological polar surface area (TPSA) is 57.2 Å². The van der Waals surface area contributed by atoms with Gasteiger partial charge in [-0.2, -0.15) is 0 Å². The average molecular weight is 274 g/mol. The Hall–Kier alpha value is -0.650. The van der Waals surface area contributed by atoms with Crippen molar-refractivity contribution in [1.82, 2.24) is 10.3 Å². The summed E-state index contributed by atoms with van der Waals surface area (Å²) >= 11 is 3.40. The number of hydrogen-bond donors (Lipinski definition) is 3. The van der Waals surface area contributed by atoms with E-state index in [2.05, 4.69) is 31.5 Å². The first-order valence-corrected chi connectivity index (χ1v) is 5.72. The number of nitrogens with one attached hydrogen (secondary N) is 2. The summed E-state index contributed by atoms with van der Waals surface area (Å²) in [5, 5.41) is 15.3. The molecule has 5 heteroatoms. The molecule has 3 N–H and O–H groups in total. The number of aliphatic hydroxyl groups is 1. The van der Waals surface area contributed by atoms with Crippen LogP contribution < -0.4 is 10.6 Å². The molecule has 4 nitrogen and oxygen atoms in total. The fourth-order valence-electron chi connectivity index (χ4n) is 1.10. The van der Waals surface area contributed by atoms with Crippen LogP contribution in [0.3, 0.4) is 0 Å². The Kier molecular flexibility index (Phi) is 5.60. The fraction of sp³-hybridized carbons (Fsp3) is 0.500. The van der Waals surface area contributed by atoms with E-state index in [4.69, 9.17) is 5.11 Å². The summed E-state index contributed by atoms with van der Waals surface area (Å²) in [6, 6.07) is 3.82. The van der Waals surface area contributed by atoms with Crippen LogP contribution in [0.4, 0.5) is 5.82 Å². The summed E-state index contributed by atoms with van der Waals surface area (Å²) in [6.45, 7) is 3.96. The summed E-state index contributed by atoms with van der Waals surface area (Å²) in [5.74, 6) is 0.844. The molecular weight excluding hydrogens is 258 g/mol. The van der Waals surface area contributed by atoms with Crippen LogP contribution >= 0.6 is 15.9 Å². The van der Waals surface area contributed by atoms with Gasteiger partial charge in [0.15, 0.2) is 0 Å². The van der Waals surface area contributed by atoms with E-state index in [0.717, 1.165) is 23.4 Å². The van der Waals surface area contributed by atoms with E-state index < -0.39 is 0 Å². The van der Waals surface area contributed by atoms with E-state index in [1.807, 2.05) is 12.1 Å². The van der Waals surface area contributed by atoms with Gasteiger partial charge in [-0.25, -0.2) is 4.98 Å². The van der Waals surface area contributed by atoms with Crippen LogP contribution in [-0.4, -0.2) is 35.8 Å². The minimum absolute atomic E-state index is 0.299. The molecule has 0 fully saturated rings. The van der Waals surface area contributed by atoms with Gasteiger partial charge in [0.25, 0.3) is 0 Å². The van der Waals surface area contributed by atoms with Crippen molar-refractivity contribution in [2.45, 2.75) is 13.0 Å². The third kappa shape index (κ3) is 5.11. The lowest BCUT2D eigenvalue weighted by Gasteiger charge is -2.09. The number of pyridine rings is 1. The second kappa shape index (κ2) is 6.76. The van der Waals surface area contributed by atoms with E-state index in [-0.39, 0.29) is 6.10 Å². The first-order valence-electron chi connectivity index (χ1n) is 4.93. The monoisotopic (exact) mass is 273 g/mol. The van der Waals surface area contributed by atoms with Crippen molar-refractivity contribution in [3.63, 3.8) is 0 Å². The van der Waals surface area contributed by atoms with Gasteiger partial charge in [-0.3, -0.25) is 0 Å². The van der Waals surface area contributed by atoms with Crippen molar-refractivity contribution in [2.24, 2.45) is 0 Å². The van der Waals surface area contributed by atoms with Crippen molar-refractivity contribution < 1.29 is 5.11 Å². The van der Waals surface area contributed by atoms with Crippen LogP contribution in [0.5, 0.6) is 0 Å². The highest BCUT2D eigenvalue weighted by Crippen LogP contribution is 2.17. The second-order valence-corrected chi connectivity index (χ2v) is 4.17. The predicted molar refractivity (Wildman–Crippen MR) is 65.0 cm³/mol. The standard InChI is InChI=1S/C10H16BrN3O/c1-8(15)7-12-5-6-14-10-9(11)3-2-4-13-10/h2-4,8,12,15H,5-7H2,1H3,(H,13,14). The Bertz CT molecular complexity index is 294. The minimum Gasteiger partial charge on any atom is -0.392 e. The second-order valence-electron chi connectivity index (χ2n) is 3.31. The Morgan fingerprint density at radius 3 is 3.00 bits per heavy atom. The van der Waals surface area contributed by atoms with Crippen LogP contribution in [0.2, 0.25) is 0 Å². The van der Waals surface area contributed by atoms with Gasteiger partial charge in [0.2, 0.25) is 0 Å². The highest BCUT2D eigenvalue weighted by atomic mass is 79.9. The molecule has 0 spiro atoms. The maximum Gasteiger partial charge on any atom is 0.140 e. The Morgan fingerprint density at radius 1 is 1.53 bits per heavy atom.